The minimum absolute atomic E-state index is 0.0457. The third-order valence-electron chi connectivity index (χ3n) is 4.03. The molecule has 0 aromatic carbocycles. The van der Waals surface area contributed by atoms with E-state index in [1.54, 1.807) is 4.90 Å². The van der Waals surface area contributed by atoms with Gasteiger partial charge < -0.3 is 15.3 Å². The number of carbonyl (C=O) groups is 1. The highest BCUT2D eigenvalue weighted by Gasteiger charge is 2.26. The lowest BCUT2D eigenvalue weighted by Gasteiger charge is -2.32. The highest BCUT2D eigenvalue weighted by Crippen LogP contribution is 2.19. The second-order valence-electron chi connectivity index (χ2n) is 5.51. The third kappa shape index (κ3) is 2.73. The summed E-state index contributed by atoms with van der Waals surface area (Å²) in [4.78, 5) is 13.9. The molecule has 6 nitrogen and oxygen atoms in total. The lowest BCUT2D eigenvalue weighted by molar-refractivity contribution is 0.0831. The molecule has 19 heavy (non-hydrogen) atoms. The molecular weight excluding hydrogens is 244 g/mol. The molecule has 1 aliphatic carbocycles. The number of aromatic amines is 1. The number of carbonyl (C=O) groups excluding carboxylic acids is 1. The minimum atomic E-state index is -0.369. The van der Waals surface area contributed by atoms with Gasteiger partial charge in [0.25, 0.3) is 0 Å². The predicted octanol–water partition coefficient (Wildman–Crippen LogP) is 0.433. The summed E-state index contributed by atoms with van der Waals surface area (Å²) in [5, 5.41) is 19.7. The fourth-order valence-corrected chi connectivity index (χ4v) is 2.94. The third-order valence-corrected chi connectivity index (χ3v) is 4.03. The molecule has 1 fully saturated rings. The number of aliphatic hydroxyl groups is 1. The van der Waals surface area contributed by atoms with Crippen LogP contribution >= 0.6 is 0 Å². The van der Waals surface area contributed by atoms with Crippen LogP contribution in [0.5, 0.6) is 0 Å². The van der Waals surface area contributed by atoms with Crippen molar-refractivity contribution in [1.82, 2.24) is 20.4 Å². The van der Waals surface area contributed by atoms with E-state index in [-0.39, 0.29) is 18.2 Å². The minimum Gasteiger partial charge on any atom is -0.391 e. The zero-order chi connectivity index (χ0) is 13.2. The monoisotopic (exact) mass is 264 g/mol. The van der Waals surface area contributed by atoms with E-state index in [9.17, 15) is 9.90 Å². The summed E-state index contributed by atoms with van der Waals surface area (Å²) in [7, 11) is 0. The van der Waals surface area contributed by atoms with E-state index in [0.29, 0.717) is 6.54 Å². The molecule has 1 aromatic rings. The van der Waals surface area contributed by atoms with Crippen molar-refractivity contribution < 1.29 is 9.90 Å². The predicted molar refractivity (Wildman–Crippen MR) is 69.7 cm³/mol. The normalized spacial score (nSPS) is 26.9. The van der Waals surface area contributed by atoms with Gasteiger partial charge in [-0.05, 0) is 37.7 Å². The maximum absolute atomic E-state index is 12.1. The van der Waals surface area contributed by atoms with Crippen LogP contribution in [-0.4, -0.2) is 51.5 Å². The number of H-pyrrole nitrogens is 1. The number of β-amino-alcohol motifs (C(OH)–C–C–N with tert-alkyl or cyclic N) is 1. The highest BCUT2D eigenvalue weighted by atomic mass is 16.3. The quantitative estimate of drug-likeness (QED) is 0.688. The zero-order valence-corrected chi connectivity index (χ0v) is 10.9. The van der Waals surface area contributed by atoms with E-state index in [1.807, 2.05) is 6.20 Å². The first-order valence-corrected chi connectivity index (χ1v) is 6.97. The van der Waals surface area contributed by atoms with Crippen molar-refractivity contribution in [2.45, 2.75) is 44.2 Å². The van der Waals surface area contributed by atoms with Gasteiger partial charge in [-0.25, -0.2) is 4.79 Å². The average Bonchev–Trinajstić information content (AvgIpc) is 2.86. The average molecular weight is 264 g/mol. The molecule has 2 amide bonds. The van der Waals surface area contributed by atoms with E-state index in [2.05, 4.69) is 15.5 Å². The number of hydrogen-bond acceptors (Lipinski definition) is 3. The maximum atomic E-state index is 12.1. The van der Waals surface area contributed by atoms with E-state index in [4.69, 9.17) is 0 Å². The molecule has 0 spiro atoms. The van der Waals surface area contributed by atoms with Crippen molar-refractivity contribution in [3.8, 4) is 0 Å². The van der Waals surface area contributed by atoms with Crippen LogP contribution in [0.2, 0.25) is 0 Å². The van der Waals surface area contributed by atoms with Crippen LogP contribution in [0.1, 0.15) is 30.5 Å². The van der Waals surface area contributed by atoms with Crippen LogP contribution in [-0.2, 0) is 12.8 Å². The number of hydrogen-bond donors (Lipinski definition) is 3. The Morgan fingerprint density at radius 3 is 3.26 bits per heavy atom. The number of fused-ring (bicyclic) bond motifs is 1. The SMILES string of the molecule is O=C(NC1CCc2[nH]ncc2C1)N1CCCC(O)C1. The Morgan fingerprint density at radius 2 is 2.42 bits per heavy atom. The Bertz CT molecular complexity index is 459. The van der Waals surface area contributed by atoms with E-state index in [0.717, 1.165) is 38.6 Å². The van der Waals surface area contributed by atoms with Crippen LogP contribution in [0.25, 0.3) is 0 Å². The van der Waals surface area contributed by atoms with Gasteiger partial charge in [-0.1, -0.05) is 0 Å². The second kappa shape index (κ2) is 5.21. The number of amides is 2. The van der Waals surface area contributed by atoms with Gasteiger partial charge in [0.2, 0.25) is 0 Å². The molecule has 0 saturated carbocycles. The molecular formula is C13H20N4O2. The van der Waals surface area contributed by atoms with Crippen LogP contribution in [0, 0.1) is 0 Å². The summed E-state index contributed by atoms with van der Waals surface area (Å²) >= 11 is 0. The number of aromatic nitrogens is 2. The van der Waals surface area contributed by atoms with Gasteiger partial charge >= 0.3 is 6.03 Å². The number of nitrogens with one attached hydrogen (secondary N) is 2. The summed E-state index contributed by atoms with van der Waals surface area (Å²) in [6.45, 7) is 1.20. The van der Waals surface area contributed by atoms with Crippen LogP contribution < -0.4 is 5.32 Å². The van der Waals surface area contributed by atoms with Crippen molar-refractivity contribution in [3.63, 3.8) is 0 Å². The topological polar surface area (TPSA) is 81.2 Å². The fraction of sp³-hybridized carbons (Fsp3) is 0.692. The van der Waals surface area contributed by atoms with Gasteiger partial charge in [0.05, 0.1) is 12.3 Å². The number of aliphatic hydroxyl groups excluding tert-OH is 1. The molecule has 0 bridgehead atoms. The molecule has 1 aliphatic heterocycles. The van der Waals surface area contributed by atoms with Crippen molar-refractivity contribution in [1.29, 1.82) is 0 Å². The lowest BCUT2D eigenvalue weighted by Crippen LogP contribution is -2.50. The maximum Gasteiger partial charge on any atom is 0.317 e. The van der Waals surface area contributed by atoms with Gasteiger partial charge in [-0.15, -0.1) is 0 Å². The number of rotatable bonds is 1. The van der Waals surface area contributed by atoms with Crippen molar-refractivity contribution in [3.05, 3.63) is 17.5 Å². The Morgan fingerprint density at radius 1 is 1.53 bits per heavy atom. The van der Waals surface area contributed by atoms with Crippen molar-refractivity contribution in [2.24, 2.45) is 0 Å². The number of aryl methyl sites for hydroxylation is 1. The molecule has 2 heterocycles. The van der Waals surface area contributed by atoms with Gasteiger partial charge in [-0.2, -0.15) is 5.10 Å². The van der Waals surface area contributed by atoms with Crippen molar-refractivity contribution in [2.75, 3.05) is 13.1 Å². The molecule has 1 saturated heterocycles. The molecule has 3 N–H and O–H groups in total. The van der Waals surface area contributed by atoms with E-state index in [1.165, 1.54) is 11.3 Å². The molecule has 6 heteroatoms. The van der Waals surface area contributed by atoms with E-state index < -0.39 is 0 Å². The Labute approximate surface area is 112 Å². The summed E-state index contributed by atoms with van der Waals surface area (Å²) < 4.78 is 0. The summed E-state index contributed by atoms with van der Waals surface area (Å²) in [5.74, 6) is 0. The largest absolute Gasteiger partial charge is 0.391 e. The number of piperidine rings is 1. The first-order chi connectivity index (χ1) is 9.22. The summed E-state index contributed by atoms with van der Waals surface area (Å²) in [5.41, 5.74) is 2.40. The van der Waals surface area contributed by atoms with Crippen LogP contribution in [0.3, 0.4) is 0 Å². The molecule has 3 rings (SSSR count). The summed E-state index contributed by atoms with van der Waals surface area (Å²) in [6.07, 6.45) is 5.87. The standard InChI is InChI=1S/C13H20N4O2/c18-11-2-1-5-17(8-11)13(19)15-10-3-4-12-9(6-10)7-14-16-12/h7,10-11,18H,1-6,8H2,(H,14,16)(H,15,19). The van der Waals surface area contributed by atoms with Crippen molar-refractivity contribution >= 4 is 6.03 Å². The van der Waals surface area contributed by atoms with Gasteiger partial charge in [0.15, 0.2) is 0 Å². The number of urea groups is 1. The highest BCUT2D eigenvalue weighted by molar-refractivity contribution is 5.74. The Hall–Kier alpha value is -1.56. The van der Waals surface area contributed by atoms with Crippen LogP contribution in [0.4, 0.5) is 4.79 Å². The molecule has 2 atom stereocenters. The number of likely N-dealkylation sites (tertiary alicyclic amines) is 1. The zero-order valence-electron chi connectivity index (χ0n) is 10.9. The molecule has 104 valence electrons. The first-order valence-electron chi connectivity index (χ1n) is 6.97. The molecule has 0 radical (unpaired) electrons. The molecule has 1 aromatic heterocycles. The van der Waals surface area contributed by atoms with Gasteiger partial charge in [0.1, 0.15) is 0 Å². The molecule has 2 unspecified atom stereocenters. The first kappa shape index (κ1) is 12.5. The fourth-order valence-electron chi connectivity index (χ4n) is 2.94. The smallest absolute Gasteiger partial charge is 0.317 e. The van der Waals surface area contributed by atoms with E-state index >= 15 is 0 Å². The Balaban J connectivity index is 1.56. The van der Waals surface area contributed by atoms with Crippen LogP contribution in [0.15, 0.2) is 6.20 Å². The summed E-state index contributed by atoms with van der Waals surface area (Å²) in [6, 6.07) is 0.132. The number of nitrogens with zero attached hydrogens (tertiary/aromatic N) is 2. The van der Waals surface area contributed by atoms with Gasteiger partial charge in [-0.3, -0.25) is 5.10 Å². The Kier molecular flexibility index (Phi) is 3.42. The molecule has 2 aliphatic rings. The lowest BCUT2D eigenvalue weighted by atomic mass is 9.94. The van der Waals surface area contributed by atoms with Gasteiger partial charge in [0, 0.05) is 24.8 Å². The second-order valence-corrected chi connectivity index (χ2v) is 5.51.